The first kappa shape index (κ1) is 12.6. The zero-order valence-corrected chi connectivity index (χ0v) is 11.6. The van der Waals surface area contributed by atoms with Gasteiger partial charge in [0.1, 0.15) is 0 Å². The molecule has 0 saturated heterocycles. The van der Waals surface area contributed by atoms with Crippen molar-refractivity contribution < 1.29 is 4.74 Å². The predicted molar refractivity (Wildman–Crippen MR) is 75.3 cm³/mol. The fraction of sp³-hybridized carbons (Fsp3) is 0.286. The van der Waals surface area contributed by atoms with Gasteiger partial charge in [-0.05, 0) is 41.6 Å². The Labute approximate surface area is 110 Å². The Morgan fingerprint density at radius 2 is 1.88 bits per heavy atom. The summed E-state index contributed by atoms with van der Waals surface area (Å²) in [5.41, 5.74) is 1.25. The molecule has 0 aromatic heterocycles. The van der Waals surface area contributed by atoms with Crippen molar-refractivity contribution in [2.24, 2.45) is 0 Å². The van der Waals surface area contributed by atoms with Gasteiger partial charge in [0.05, 0.1) is 12.6 Å². The van der Waals surface area contributed by atoms with E-state index in [0.717, 1.165) is 4.47 Å². The van der Waals surface area contributed by atoms with Crippen LogP contribution in [0.1, 0.15) is 11.6 Å². The number of nitrogens with one attached hydrogen (secondary N) is 1. The molecule has 2 rings (SSSR count). The van der Waals surface area contributed by atoms with Gasteiger partial charge in [0.2, 0.25) is 0 Å². The maximum Gasteiger partial charge on any atom is 0.0657 e. The zero-order chi connectivity index (χ0) is 12.3. The molecule has 0 heterocycles. The highest BCUT2D eigenvalue weighted by molar-refractivity contribution is 9.10. The van der Waals surface area contributed by atoms with E-state index >= 15 is 0 Å². The zero-order valence-electron chi connectivity index (χ0n) is 10.0. The molecule has 0 aliphatic carbocycles. The fourth-order valence-electron chi connectivity index (χ4n) is 1.96. The van der Waals surface area contributed by atoms with Crippen molar-refractivity contribution in [1.82, 2.24) is 5.32 Å². The molecule has 17 heavy (non-hydrogen) atoms. The van der Waals surface area contributed by atoms with Gasteiger partial charge in [-0.1, -0.05) is 34.1 Å². The molecule has 0 fully saturated rings. The first-order chi connectivity index (χ1) is 8.24. The quantitative estimate of drug-likeness (QED) is 0.931. The minimum atomic E-state index is 0.244. The predicted octanol–water partition coefficient (Wildman–Crippen LogP) is 3.51. The Morgan fingerprint density at radius 1 is 1.18 bits per heavy atom. The molecule has 1 unspecified atom stereocenters. The van der Waals surface area contributed by atoms with E-state index in [0.29, 0.717) is 6.61 Å². The number of hydrogen-bond acceptors (Lipinski definition) is 2. The third kappa shape index (κ3) is 2.86. The van der Waals surface area contributed by atoms with Crippen molar-refractivity contribution in [2.75, 3.05) is 20.8 Å². The highest BCUT2D eigenvalue weighted by atomic mass is 79.9. The normalized spacial score (nSPS) is 12.9. The van der Waals surface area contributed by atoms with Gasteiger partial charge in [0, 0.05) is 11.6 Å². The number of methoxy groups -OCH3 is 1. The highest BCUT2D eigenvalue weighted by Gasteiger charge is 2.08. The SMILES string of the molecule is CNC(COC)c1ccc2cc(Br)ccc2c1. The summed E-state index contributed by atoms with van der Waals surface area (Å²) in [6, 6.07) is 13.1. The van der Waals surface area contributed by atoms with Crippen LogP contribution >= 0.6 is 15.9 Å². The fourth-order valence-corrected chi connectivity index (χ4v) is 2.34. The molecule has 1 atom stereocenters. The summed E-state index contributed by atoms with van der Waals surface area (Å²) in [6.45, 7) is 0.679. The summed E-state index contributed by atoms with van der Waals surface area (Å²) in [6.07, 6.45) is 0. The third-order valence-electron chi connectivity index (χ3n) is 2.91. The molecule has 0 bridgehead atoms. The first-order valence-corrected chi connectivity index (χ1v) is 6.39. The molecule has 0 saturated carbocycles. The smallest absolute Gasteiger partial charge is 0.0657 e. The van der Waals surface area contributed by atoms with E-state index in [2.05, 4.69) is 57.6 Å². The minimum Gasteiger partial charge on any atom is -0.383 e. The summed E-state index contributed by atoms with van der Waals surface area (Å²) >= 11 is 3.49. The second-order valence-electron chi connectivity index (χ2n) is 4.05. The lowest BCUT2D eigenvalue weighted by molar-refractivity contribution is 0.170. The average Bonchev–Trinajstić information content (AvgIpc) is 2.35. The van der Waals surface area contributed by atoms with Crippen molar-refractivity contribution in [2.45, 2.75) is 6.04 Å². The van der Waals surface area contributed by atoms with Crippen LogP contribution in [0, 0.1) is 0 Å². The molecule has 0 spiro atoms. The van der Waals surface area contributed by atoms with Gasteiger partial charge in [-0.3, -0.25) is 0 Å². The van der Waals surface area contributed by atoms with Crippen LogP contribution in [0.3, 0.4) is 0 Å². The maximum absolute atomic E-state index is 5.21. The minimum absolute atomic E-state index is 0.244. The third-order valence-corrected chi connectivity index (χ3v) is 3.40. The number of ether oxygens (including phenoxy) is 1. The molecular weight excluding hydrogens is 278 g/mol. The van der Waals surface area contributed by atoms with Crippen LogP contribution in [0.5, 0.6) is 0 Å². The summed E-state index contributed by atoms with van der Waals surface area (Å²) in [7, 11) is 3.68. The van der Waals surface area contributed by atoms with Crippen molar-refractivity contribution >= 4 is 26.7 Å². The second kappa shape index (κ2) is 5.63. The topological polar surface area (TPSA) is 21.3 Å². The molecule has 0 aliphatic rings. The van der Waals surface area contributed by atoms with Crippen LogP contribution < -0.4 is 5.32 Å². The lowest BCUT2D eigenvalue weighted by Gasteiger charge is -2.16. The van der Waals surface area contributed by atoms with Gasteiger partial charge in [0.15, 0.2) is 0 Å². The monoisotopic (exact) mass is 293 g/mol. The van der Waals surface area contributed by atoms with Crippen LogP contribution in [-0.2, 0) is 4.74 Å². The molecule has 2 aromatic carbocycles. The molecular formula is C14H16BrNO. The van der Waals surface area contributed by atoms with Gasteiger partial charge in [0.25, 0.3) is 0 Å². The first-order valence-electron chi connectivity index (χ1n) is 5.60. The standard InChI is InChI=1S/C14H16BrNO/c1-16-14(9-17-2)12-4-3-11-8-13(15)6-5-10(11)7-12/h3-8,14,16H,9H2,1-2H3. The summed E-state index contributed by atoms with van der Waals surface area (Å²) in [5, 5.41) is 5.76. The Kier molecular flexibility index (Phi) is 4.15. The molecule has 0 radical (unpaired) electrons. The lowest BCUT2D eigenvalue weighted by Crippen LogP contribution is -2.20. The van der Waals surface area contributed by atoms with E-state index in [1.165, 1.54) is 16.3 Å². The van der Waals surface area contributed by atoms with Crippen LogP contribution in [0.15, 0.2) is 40.9 Å². The van der Waals surface area contributed by atoms with Crippen LogP contribution in [-0.4, -0.2) is 20.8 Å². The number of halogens is 1. The van der Waals surface area contributed by atoms with Gasteiger partial charge in [-0.2, -0.15) is 0 Å². The Hall–Kier alpha value is -0.900. The van der Waals surface area contributed by atoms with Gasteiger partial charge >= 0.3 is 0 Å². The van der Waals surface area contributed by atoms with E-state index in [-0.39, 0.29) is 6.04 Å². The summed E-state index contributed by atoms with van der Waals surface area (Å²) < 4.78 is 6.32. The molecule has 2 aromatic rings. The molecule has 3 heteroatoms. The summed E-state index contributed by atoms with van der Waals surface area (Å²) in [4.78, 5) is 0. The molecule has 2 nitrogen and oxygen atoms in total. The largest absolute Gasteiger partial charge is 0.383 e. The van der Waals surface area contributed by atoms with E-state index < -0.39 is 0 Å². The van der Waals surface area contributed by atoms with E-state index in [9.17, 15) is 0 Å². The van der Waals surface area contributed by atoms with E-state index in [4.69, 9.17) is 4.74 Å². The Bertz CT molecular complexity index is 513. The number of fused-ring (bicyclic) bond motifs is 1. The Balaban J connectivity index is 2.40. The highest BCUT2D eigenvalue weighted by Crippen LogP contribution is 2.23. The van der Waals surface area contributed by atoms with Crippen molar-refractivity contribution in [3.05, 3.63) is 46.4 Å². The second-order valence-corrected chi connectivity index (χ2v) is 4.96. The van der Waals surface area contributed by atoms with Crippen molar-refractivity contribution in [1.29, 1.82) is 0 Å². The molecule has 1 N–H and O–H groups in total. The summed E-state index contributed by atoms with van der Waals surface area (Å²) in [5.74, 6) is 0. The van der Waals surface area contributed by atoms with Crippen LogP contribution in [0.2, 0.25) is 0 Å². The number of likely N-dealkylation sites (N-methyl/N-ethyl adjacent to an activating group) is 1. The maximum atomic E-state index is 5.21. The van der Waals surface area contributed by atoms with E-state index in [1.54, 1.807) is 7.11 Å². The van der Waals surface area contributed by atoms with E-state index in [1.807, 2.05) is 7.05 Å². The number of rotatable bonds is 4. The van der Waals surface area contributed by atoms with Gasteiger partial charge in [-0.15, -0.1) is 0 Å². The molecule has 0 aliphatic heterocycles. The molecule has 0 amide bonds. The average molecular weight is 294 g/mol. The van der Waals surface area contributed by atoms with Crippen LogP contribution in [0.25, 0.3) is 10.8 Å². The van der Waals surface area contributed by atoms with Crippen molar-refractivity contribution in [3.63, 3.8) is 0 Å². The van der Waals surface area contributed by atoms with Gasteiger partial charge in [-0.25, -0.2) is 0 Å². The molecule has 90 valence electrons. The van der Waals surface area contributed by atoms with Crippen LogP contribution in [0.4, 0.5) is 0 Å². The Morgan fingerprint density at radius 3 is 2.59 bits per heavy atom. The lowest BCUT2D eigenvalue weighted by atomic mass is 10.0. The van der Waals surface area contributed by atoms with Crippen molar-refractivity contribution in [3.8, 4) is 0 Å². The number of benzene rings is 2. The number of hydrogen-bond donors (Lipinski definition) is 1. The van der Waals surface area contributed by atoms with Gasteiger partial charge < -0.3 is 10.1 Å².